The van der Waals surface area contributed by atoms with Gasteiger partial charge in [0.05, 0.1) is 24.7 Å². The van der Waals surface area contributed by atoms with E-state index in [1.807, 2.05) is 13.8 Å². The molecule has 2 rings (SSSR count). The van der Waals surface area contributed by atoms with Crippen molar-refractivity contribution >= 4 is 21.6 Å². The van der Waals surface area contributed by atoms with Gasteiger partial charge in [0.15, 0.2) is 0 Å². The molecule has 0 aliphatic heterocycles. The first-order chi connectivity index (χ1) is 14.9. The Labute approximate surface area is 185 Å². The van der Waals surface area contributed by atoms with E-state index in [2.05, 4.69) is 5.32 Å². The van der Waals surface area contributed by atoms with Crippen molar-refractivity contribution in [3.05, 3.63) is 48.0 Å². The Bertz CT molecular complexity index is 950. The lowest BCUT2D eigenvalue weighted by Crippen LogP contribution is -2.33. The van der Waals surface area contributed by atoms with E-state index in [1.165, 1.54) is 26.4 Å². The first-order valence-electron chi connectivity index (χ1n) is 10.5. The van der Waals surface area contributed by atoms with Crippen LogP contribution in [0.15, 0.2) is 47.4 Å². The second-order valence-corrected chi connectivity index (χ2v) is 9.09. The molecule has 0 radical (unpaired) electrons. The molecular weight excluding hydrogens is 416 g/mol. The molecular formula is C23H32N2O5S. The second kappa shape index (κ2) is 11.7. The highest BCUT2D eigenvalue weighted by atomic mass is 32.2. The standard InChI is InChI=1S/C23H32N2O5S/c1-5-7-15-25(16-8-6-2)31(27,28)20-12-9-18(10-13-20)24-23(26)21-14-11-19(29-3)17-22(21)30-4/h9-14,17H,5-8,15-16H2,1-4H3,(H,24,26). The number of anilines is 1. The largest absolute Gasteiger partial charge is 0.497 e. The van der Waals surface area contributed by atoms with E-state index in [-0.39, 0.29) is 10.8 Å². The van der Waals surface area contributed by atoms with Crippen molar-refractivity contribution in [2.24, 2.45) is 0 Å². The number of nitrogens with one attached hydrogen (secondary N) is 1. The van der Waals surface area contributed by atoms with Crippen LogP contribution in [0.2, 0.25) is 0 Å². The summed E-state index contributed by atoms with van der Waals surface area (Å²) in [7, 11) is -0.557. The highest BCUT2D eigenvalue weighted by molar-refractivity contribution is 7.89. The van der Waals surface area contributed by atoms with Gasteiger partial charge in [0.25, 0.3) is 5.91 Å². The molecule has 7 nitrogen and oxygen atoms in total. The number of unbranched alkanes of at least 4 members (excludes halogenated alkanes) is 2. The van der Waals surface area contributed by atoms with Crippen LogP contribution < -0.4 is 14.8 Å². The Morgan fingerprint density at radius 2 is 1.55 bits per heavy atom. The second-order valence-electron chi connectivity index (χ2n) is 7.16. The Morgan fingerprint density at radius 3 is 2.06 bits per heavy atom. The van der Waals surface area contributed by atoms with Crippen LogP contribution in [-0.2, 0) is 10.0 Å². The molecule has 0 bridgehead atoms. The van der Waals surface area contributed by atoms with Crippen LogP contribution in [0.4, 0.5) is 5.69 Å². The van der Waals surface area contributed by atoms with E-state index in [4.69, 9.17) is 9.47 Å². The number of hydrogen-bond acceptors (Lipinski definition) is 5. The quantitative estimate of drug-likeness (QED) is 0.515. The van der Waals surface area contributed by atoms with Crippen molar-refractivity contribution in [1.29, 1.82) is 0 Å². The fourth-order valence-corrected chi connectivity index (χ4v) is 4.58. The predicted molar refractivity (Wildman–Crippen MR) is 123 cm³/mol. The lowest BCUT2D eigenvalue weighted by Gasteiger charge is -2.22. The van der Waals surface area contributed by atoms with Gasteiger partial charge >= 0.3 is 0 Å². The number of rotatable bonds is 12. The number of nitrogens with zero attached hydrogens (tertiary/aromatic N) is 1. The van der Waals surface area contributed by atoms with Crippen LogP contribution >= 0.6 is 0 Å². The highest BCUT2D eigenvalue weighted by Gasteiger charge is 2.23. The van der Waals surface area contributed by atoms with Crippen molar-refractivity contribution in [3.63, 3.8) is 0 Å². The maximum absolute atomic E-state index is 13.1. The molecule has 2 aromatic rings. The molecule has 8 heteroatoms. The van der Waals surface area contributed by atoms with Crippen molar-refractivity contribution in [2.45, 2.75) is 44.4 Å². The fourth-order valence-electron chi connectivity index (χ4n) is 3.06. The number of sulfonamides is 1. The molecule has 0 aliphatic rings. The minimum Gasteiger partial charge on any atom is -0.497 e. The van der Waals surface area contributed by atoms with E-state index >= 15 is 0 Å². The molecule has 1 N–H and O–H groups in total. The third-order valence-corrected chi connectivity index (χ3v) is 6.84. The zero-order chi connectivity index (χ0) is 22.9. The summed E-state index contributed by atoms with van der Waals surface area (Å²) in [5.74, 6) is 0.611. The molecule has 0 saturated heterocycles. The van der Waals surface area contributed by atoms with Crippen molar-refractivity contribution in [2.75, 3.05) is 32.6 Å². The van der Waals surface area contributed by atoms with E-state index in [0.717, 1.165) is 25.7 Å². The Morgan fingerprint density at radius 1 is 0.935 bits per heavy atom. The summed E-state index contributed by atoms with van der Waals surface area (Å²) >= 11 is 0. The van der Waals surface area contributed by atoms with Gasteiger partial charge in [-0.2, -0.15) is 4.31 Å². The van der Waals surface area contributed by atoms with Crippen molar-refractivity contribution < 1.29 is 22.7 Å². The molecule has 0 atom stereocenters. The van der Waals surface area contributed by atoms with Crippen molar-refractivity contribution in [3.8, 4) is 11.5 Å². The third kappa shape index (κ3) is 6.45. The lowest BCUT2D eigenvalue weighted by atomic mass is 10.1. The van der Waals surface area contributed by atoms with Crippen LogP contribution in [0, 0.1) is 0 Å². The molecule has 2 aromatic carbocycles. The summed E-state index contributed by atoms with van der Waals surface area (Å²) in [5, 5.41) is 2.78. The number of hydrogen-bond donors (Lipinski definition) is 1. The van der Waals surface area contributed by atoms with Gasteiger partial charge in [-0.15, -0.1) is 0 Å². The van der Waals surface area contributed by atoms with Crippen LogP contribution in [0.5, 0.6) is 11.5 Å². The number of ether oxygens (including phenoxy) is 2. The van der Waals surface area contributed by atoms with Gasteiger partial charge in [0, 0.05) is 24.8 Å². The highest BCUT2D eigenvalue weighted by Crippen LogP contribution is 2.26. The molecule has 0 heterocycles. The number of benzene rings is 2. The zero-order valence-electron chi connectivity index (χ0n) is 18.7. The number of carbonyl (C=O) groups excluding carboxylic acids is 1. The Kier molecular flexibility index (Phi) is 9.33. The summed E-state index contributed by atoms with van der Waals surface area (Å²) in [4.78, 5) is 12.9. The van der Waals surface area contributed by atoms with E-state index < -0.39 is 10.0 Å². The predicted octanol–water partition coefficient (Wildman–Crippen LogP) is 4.55. The van der Waals surface area contributed by atoms with Crippen molar-refractivity contribution in [1.82, 2.24) is 4.31 Å². The molecule has 0 fully saturated rings. The Hall–Kier alpha value is -2.58. The fraction of sp³-hybridized carbons (Fsp3) is 0.435. The van der Waals surface area contributed by atoms with Gasteiger partial charge in [-0.1, -0.05) is 26.7 Å². The van der Waals surface area contributed by atoms with Crippen LogP contribution in [0.25, 0.3) is 0 Å². The SMILES string of the molecule is CCCCN(CCCC)S(=O)(=O)c1ccc(NC(=O)c2ccc(OC)cc2OC)cc1. The monoisotopic (exact) mass is 448 g/mol. The summed E-state index contributed by atoms with van der Waals surface area (Å²) in [6.07, 6.45) is 3.50. The van der Waals surface area contributed by atoms with Crippen LogP contribution in [-0.4, -0.2) is 45.9 Å². The van der Waals surface area contributed by atoms with E-state index in [9.17, 15) is 13.2 Å². The minimum absolute atomic E-state index is 0.222. The summed E-state index contributed by atoms with van der Waals surface area (Å²) in [5.41, 5.74) is 0.848. The number of carbonyl (C=O) groups is 1. The number of amides is 1. The van der Waals surface area contributed by atoms with Gasteiger partial charge in [0.1, 0.15) is 11.5 Å². The average Bonchev–Trinajstić information content (AvgIpc) is 2.78. The molecule has 0 saturated carbocycles. The molecule has 0 spiro atoms. The van der Waals surface area contributed by atoms with Gasteiger partial charge in [-0.25, -0.2) is 8.42 Å². The van der Waals surface area contributed by atoms with Gasteiger partial charge in [0.2, 0.25) is 10.0 Å². The van der Waals surface area contributed by atoms with Gasteiger partial charge in [-0.05, 0) is 49.2 Å². The topological polar surface area (TPSA) is 84.9 Å². The van der Waals surface area contributed by atoms with Gasteiger partial charge < -0.3 is 14.8 Å². The smallest absolute Gasteiger partial charge is 0.259 e. The van der Waals surface area contributed by atoms with E-state index in [0.29, 0.717) is 35.8 Å². The first-order valence-corrected chi connectivity index (χ1v) is 11.9. The molecule has 0 aromatic heterocycles. The molecule has 31 heavy (non-hydrogen) atoms. The average molecular weight is 449 g/mol. The first kappa shape index (κ1) is 24.7. The summed E-state index contributed by atoms with van der Waals surface area (Å²) < 4.78 is 38.1. The minimum atomic E-state index is -3.57. The summed E-state index contributed by atoms with van der Waals surface area (Å²) in [6, 6.07) is 11.2. The number of methoxy groups -OCH3 is 2. The maximum Gasteiger partial charge on any atom is 0.259 e. The normalized spacial score (nSPS) is 11.4. The molecule has 170 valence electrons. The lowest BCUT2D eigenvalue weighted by molar-refractivity contribution is 0.102. The zero-order valence-corrected chi connectivity index (χ0v) is 19.5. The van der Waals surface area contributed by atoms with Crippen LogP contribution in [0.3, 0.4) is 0 Å². The maximum atomic E-state index is 13.1. The van der Waals surface area contributed by atoms with Crippen LogP contribution in [0.1, 0.15) is 49.9 Å². The summed E-state index contributed by atoms with van der Waals surface area (Å²) in [6.45, 7) is 5.10. The Balaban J connectivity index is 2.18. The molecule has 0 aliphatic carbocycles. The molecule has 1 amide bonds. The van der Waals surface area contributed by atoms with E-state index in [1.54, 1.807) is 34.6 Å². The van der Waals surface area contributed by atoms with Gasteiger partial charge in [-0.3, -0.25) is 4.79 Å². The third-order valence-electron chi connectivity index (χ3n) is 4.93. The molecule has 0 unspecified atom stereocenters.